The van der Waals surface area contributed by atoms with E-state index in [0.717, 1.165) is 12.6 Å². The maximum Gasteiger partial charge on any atom is 0.272 e. The average Bonchev–Trinajstić information content (AvgIpc) is 2.91. The van der Waals surface area contributed by atoms with Crippen molar-refractivity contribution in [2.24, 2.45) is 11.3 Å². The molecule has 2 N–H and O–H groups in total. The Balaban J connectivity index is 2.21. The van der Waals surface area contributed by atoms with Gasteiger partial charge in [0.25, 0.3) is 5.69 Å². The largest absolute Gasteiger partial charge is 0.323 e. The Morgan fingerprint density at radius 1 is 1.52 bits per heavy atom. The van der Waals surface area contributed by atoms with Crippen LogP contribution in [0, 0.1) is 27.3 Å². The Labute approximate surface area is 121 Å². The summed E-state index contributed by atoms with van der Waals surface area (Å²) in [5.41, 5.74) is -0.946. The number of nitro groups is 1. The molecule has 1 unspecified atom stereocenters. The molecular weight excluding hydrogens is 277 g/mol. The lowest BCUT2D eigenvalue weighted by Gasteiger charge is -2.31. The summed E-state index contributed by atoms with van der Waals surface area (Å²) in [6.07, 6.45) is 0.686. The van der Waals surface area contributed by atoms with Gasteiger partial charge in [-0.15, -0.1) is 0 Å². The van der Waals surface area contributed by atoms with Crippen LogP contribution in [0.5, 0.6) is 0 Å². The minimum Gasteiger partial charge on any atom is -0.323 e. The van der Waals surface area contributed by atoms with Crippen LogP contribution in [0.3, 0.4) is 0 Å². The highest BCUT2D eigenvalue weighted by atomic mass is 19.1. The van der Waals surface area contributed by atoms with Crippen LogP contribution in [0.25, 0.3) is 0 Å². The first-order chi connectivity index (χ1) is 9.86. The molecule has 0 saturated carbocycles. The predicted octanol–water partition coefficient (Wildman–Crippen LogP) is 2.31. The van der Waals surface area contributed by atoms with Gasteiger partial charge in [-0.3, -0.25) is 14.9 Å². The number of nitrogens with zero attached hydrogens (tertiary/aromatic N) is 1. The number of hydrogen-bond donors (Lipinski definition) is 2. The van der Waals surface area contributed by atoms with Crippen LogP contribution in [0.1, 0.15) is 20.3 Å². The van der Waals surface area contributed by atoms with Crippen molar-refractivity contribution in [3.8, 4) is 0 Å². The molecule has 0 bridgehead atoms. The molecule has 1 saturated heterocycles. The zero-order valence-corrected chi connectivity index (χ0v) is 12.0. The van der Waals surface area contributed by atoms with Crippen LogP contribution < -0.4 is 10.6 Å². The van der Waals surface area contributed by atoms with Crippen LogP contribution in [-0.2, 0) is 4.79 Å². The third-order valence-electron chi connectivity index (χ3n) is 4.16. The number of nitrogens with one attached hydrogen (secondary N) is 2. The van der Waals surface area contributed by atoms with Gasteiger partial charge in [-0.2, -0.15) is 0 Å². The summed E-state index contributed by atoms with van der Waals surface area (Å²) < 4.78 is 13.8. The van der Waals surface area contributed by atoms with Crippen molar-refractivity contribution in [3.05, 3.63) is 34.1 Å². The molecule has 2 rings (SSSR count). The molecule has 21 heavy (non-hydrogen) atoms. The topological polar surface area (TPSA) is 84.3 Å². The van der Waals surface area contributed by atoms with Gasteiger partial charge in [0.15, 0.2) is 5.82 Å². The fourth-order valence-electron chi connectivity index (χ4n) is 2.63. The second-order valence-electron chi connectivity index (χ2n) is 5.61. The molecule has 114 valence electrons. The van der Waals surface area contributed by atoms with Crippen LogP contribution in [0.2, 0.25) is 0 Å². The molecule has 1 fully saturated rings. The Morgan fingerprint density at radius 3 is 2.71 bits per heavy atom. The second kappa shape index (κ2) is 5.77. The van der Waals surface area contributed by atoms with Crippen LogP contribution in [-0.4, -0.2) is 23.9 Å². The number of rotatable bonds is 4. The van der Waals surface area contributed by atoms with E-state index in [1.165, 1.54) is 12.1 Å². The third kappa shape index (κ3) is 2.87. The standard InChI is InChI=1S/C14H18FN3O3/c1-9(2)14(5-6-16-8-14)13(19)17-12-4-3-10(18(20)21)7-11(12)15/h3-4,7,9,16H,5-6,8H2,1-2H3,(H,17,19). The van der Waals surface area contributed by atoms with E-state index in [4.69, 9.17) is 0 Å². The van der Waals surface area contributed by atoms with E-state index in [9.17, 15) is 19.3 Å². The lowest BCUT2D eigenvalue weighted by Crippen LogP contribution is -2.42. The first-order valence-corrected chi connectivity index (χ1v) is 6.83. The lowest BCUT2D eigenvalue weighted by molar-refractivity contribution is -0.385. The fraction of sp³-hybridized carbons (Fsp3) is 0.500. The van der Waals surface area contributed by atoms with Gasteiger partial charge in [-0.05, 0) is 24.9 Å². The first-order valence-electron chi connectivity index (χ1n) is 6.83. The molecule has 1 heterocycles. The maximum atomic E-state index is 13.8. The van der Waals surface area contributed by atoms with Crippen molar-refractivity contribution in [1.82, 2.24) is 5.32 Å². The summed E-state index contributed by atoms with van der Waals surface area (Å²) in [7, 11) is 0. The number of carbonyl (C=O) groups is 1. The number of non-ortho nitro benzene ring substituents is 1. The molecule has 1 aliphatic rings. The number of amides is 1. The van der Waals surface area contributed by atoms with E-state index in [0.29, 0.717) is 13.0 Å². The van der Waals surface area contributed by atoms with E-state index in [-0.39, 0.29) is 23.2 Å². The van der Waals surface area contributed by atoms with Gasteiger partial charge in [0.2, 0.25) is 5.91 Å². The van der Waals surface area contributed by atoms with E-state index >= 15 is 0 Å². The summed E-state index contributed by atoms with van der Waals surface area (Å²) in [5.74, 6) is -0.953. The van der Waals surface area contributed by atoms with E-state index < -0.39 is 16.2 Å². The molecule has 0 spiro atoms. The van der Waals surface area contributed by atoms with Gasteiger partial charge in [-0.1, -0.05) is 13.8 Å². The molecule has 0 radical (unpaired) electrons. The Hall–Kier alpha value is -2.02. The van der Waals surface area contributed by atoms with Crippen molar-refractivity contribution in [2.75, 3.05) is 18.4 Å². The Bertz CT molecular complexity index is 569. The van der Waals surface area contributed by atoms with E-state index in [1.54, 1.807) is 0 Å². The molecule has 1 amide bonds. The molecule has 1 atom stereocenters. The van der Waals surface area contributed by atoms with Gasteiger partial charge in [0.05, 0.1) is 22.1 Å². The monoisotopic (exact) mass is 295 g/mol. The highest BCUT2D eigenvalue weighted by molar-refractivity contribution is 5.96. The van der Waals surface area contributed by atoms with E-state index in [1.807, 2.05) is 13.8 Å². The fourth-order valence-corrected chi connectivity index (χ4v) is 2.63. The quantitative estimate of drug-likeness (QED) is 0.659. The highest BCUT2D eigenvalue weighted by Crippen LogP contribution is 2.35. The molecule has 7 heteroatoms. The minimum atomic E-state index is -0.803. The summed E-state index contributed by atoms with van der Waals surface area (Å²) in [6, 6.07) is 3.21. The number of halogens is 1. The van der Waals surface area contributed by atoms with Gasteiger partial charge in [0.1, 0.15) is 0 Å². The number of benzene rings is 1. The minimum absolute atomic E-state index is 0.0301. The zero-order valence-electron chi connectivity index (χ0n) is 12.0. The predicted molar refractivity (Wildman–Crippen MR) is 76.4 cm³/mol. The van der Waals surface area contributed by atoms with Crippen molar-refractivity contribution in [1.29, 1.82) is 0 Å². The number of anilines is 1. The molecule has 6 nitrogen and oxygen atoms in total. The van der Waals surface area contributed by atoms with Gasteiger partial charge < -0.3 is 10.6 Å². The number of hydrogen-bond acceptors (Lipinski definition) is 4. The molecule has 0 aromatic heterocycles. The van der Waals surface area contributed by atoms with Gasteiger partial charge in [0, 0.05) is 12.6 Å². The van der Waals surface area contributed by atoms with Crippen LogP contribution in [0.4, 0.5) is 15.8 Å². The van der Waals surface area contributed by atoms with Crippen LogP contribution in [0.15, 0.2) is 18.2 Å². The molecule has 0 aliphatic carbocycles. The van der Waals surface area contributed by atoms with Crippen LogP contribution >= 0.6 is 0 Å². The van der Waals surface area contributed by atoms with Crippen molar-refractivity contribution in [3.63, 3.8) is 0 Å². The summed E-state index contributed by atoms with van der Waals surface area (Å²) >= 11 is 0. The third-order valence-corrected chi connectivity index (χ3v) is 4.16. The average molecular weight is 295 g/mol. The van der Waals surface area contributed by atoms with Crippen molar-refractivity contribution >= 4 is 17.3 Å². The normalized spacial score (nSPS) is 21.5. The van der Waals surface area contributed by atoms with E-state index in [2.05, 4.69) is 10.6 Å². The number of carbonyl (C=O) groups excluding carboxylic acids is 1. The SMILES string of the molecule is CC(C)C1(C(=O)Nc2ccc([N+](=O)[O-])cc2F)CCNC1. The summed E-state index contributed by atoms with van der Waals surface area (Å²) in [5, 5.41) is 16.3. The smallest absolute Gasteiger partial charge is 0.272 e. The molecule has 1 aromatic rings. The lowest BCUT2D eigenvalue weighted by atomic mass is 9.75. The maximum absolute atomic E-state index is 13.8. The highest BCUT2D eigenvalue weighted by Gasteiger charge is 2.44. The Morgan fingerprint density at radius 2 is 2.24 bits per heavy atom. The summed E-state index contributed by atoms with van der Waals surface area (Å²) in [4.78, 5) is 22.4. The first kappa shape index (κ1) is 15.4. The summed E-state index contributed by atoms with van der Waals surface area (Å²) in [6.45, 7) is 5.21. The second-order valence-corrected chi connectivity index (χ2v) is 5.61. The van der Waals surface area contributed by atoms with Gasteiger partial charge >= 0.3 is 0 Å². The molecular formula is C14H18FN3O3. The van der Waals surface area contributed by atoms with Crippen molar-refractivity contribution < 1.29 is 14.1 Å². The number of nitro benzene ring substituents is 1. The molecule has 1 aliphatic heterocycles. The van der Waals surface area contributed by atoms with Gasteiger partial charge in [-0.25, -0.2) is 4.39 Å². The zero-order chi connectivity index (χ0) is 15.6. The Kier molecular flexibility index (Phi) is 4.22. The molecule has 1 aromatic carbocycles. The van der Waals surface area contributed by atoms with Crippen molar-refractivity contribution in [2.45, 2.75) is 20.3 Å².